The average Bonchev–Trinajstić information content (AvgIpc) is 2.21. The zero-order chi connectivity index (χ0) is 12.6. The molecule has 1 aromatic carbocycles. The molecule has 1 aromatic heterocycles. The van der Waals surface area contributed by atoms with Gasteiger partial charge in [-0.2, -0.15) is 0 Å². The smallest absolute Gasteiger partial charge is 0.182 e. The predicted molar refractivity (Wildman–Crippen MR) is 65.9 cm³/mol. The van der Waals surface area contributed by atoms with Crippen molar-refractivity contribution in [2.75, 3.05) is 5.73 Å². The molecule has 0 saturated heterocycles. The number of nitrogens with two attached hydrogens (primary N) is 1. The lowest BCUT2D eigenvalue weighted by Gasteiger charge is -2.14. The van der Waals surface area contributed by atoms with Crippen LogP contribution in [0, 0.1) is 19.7 Å². The van der Waals surface area contributed by atoms with Crippen LogP contribution in [0.15, 0.2) is 35.1 Å². The van der Waals surface area contributed by atoms with Gasteiger partial charge in [-0.3, -0.25) is 4.79 Å². The van der Waals surface area contributed by atoms with Crippen LogP contribution >= 0.6 is 0 Å². The second kappa shape index (κ2) is 4.05. The van der Waals surface area contributed by atoms with Crippen molar-refractivity contribution in [1.82, 2.24) is 4.57 Å². The molecule has 3 nitrogen and oxygen atoms in total. The Balaban J connectivity index is 2.68. The quantitative estimate of drug-likeness (QED) is 0.766. The van der Waals surface area contributed by atoms with Gasteiger partial charge in [0, 0.05) is 29.2 Å². The van der Waals surface area contributed by atoms with Crippen LogP contribution in [0.25, 0.3) is 5.69 Å². The number of hydrogen-bond donors (Lipinski definition) is 1. The number of nitrogens with zero attached hydrogens (tertiary/aromatic N) is 1. The largest absolute Gasteiger partial charge is 0.396 e. The van der Waals surface area contributed by atoms with E-state index >= 15 is 0 Å². The SMILES string of the molecule is Cc1cc(=O)cc(C)n1-c1ccc(F)c(N)c1. The fourth-order valence-electron chi connectivity index (χ4n) is 1.94. The van der Waals surface area contributed by atoms with Gasteiger partial charge in [0.1, 0.15) is 5.82 Å². The van der Waals surface area contributed by atoms with Crippen LogP contribution in [0.3, 0.4) is 0 Å². The predicted octanol–water partition coefficient (Wildman–Crippen LogP) is 2.18. The van der Waals surface area contributed by atoms with Crippen molar-refractivity contribution in [2.24, 2.45) is 0 Å². The molecular weight excluding hydrogens is 219 g/mol. The van der Waals surface area contributed by atoms with Crippen molar-refractivity contribution in [3.63, 3.8) is 0 Å². The van der Waals surface area contributed by atoms with Gasteiger partial charge in [0.15, 0.2) is 5.43 Å². The van der Waals surface area contributed by atoms with E-state index in [2.05, 4.69) is 0 Å². The van der Waals surface area contributed by atoms with E-state index in [1.54, 1.807) is 12.1 Å². The Bertz CT molecular complexity index is 606. The van der Waals surface area contributed by atoms with Gasteiger partial charge in [-0.15, -0.1) is 0 Å². The van der Waals surface area contributed by atoms with Crippen molar-refractivity contribution in [2.45, 2.75) is 13.8 Å². The van der Waals surface area contributed by atoms with Gasteiger partial charge >= 0.3 is 0 Å². The number of hydrogen-bond acceptors (Lipinski definition) is 2. The second-order valence-corrected chi connectivity index (χ2v) is 4.02. The molecule has 0 aliphatic carbocycles. The molecule has 1 heterocycles. The molecule has 0 bridgehead atoms. The van der Waals surface area contributed by atoms with E-state index in [1.165, 1.54) is 18.2 Å². The van der Waals surface area contributed by atoms with Crippen molar-refractivity contribution < 1.29 is 4.39 Å². The number of benzene rings is 1. The Morgan fingerprint density at radius 1 is 1.12 bits per heavy atom. The maximum Gasteiger partial charge on any atom is 0.182 e. The summed E-state index contributed by atoms with van der Waals surface area (Å²) in [4.78, 5) is 11.3. The lowest BCUT2D eigenvalue weighted by Crippen LogP contribution is -2.11. The standard InChI is InChI=1S/C13H13FN2O/c1-8-5-11(17)6-9(2)16(8)10-3-4-12(14)13(15)7-10/h3-7H,15H2,1-2H3. The highest BCUT2D eigenvalue weighted by molar-refractivity contribution is 5.50. The van der Waals surface area contributed by atoms with Crippen LogP contribution in [0.2, 0.25) is 0 Å². The Hall–Kier alpha value is -2.10. The molecular formula is C13H13FN2O. The molecule has 2 rings (SSSR count). The molecule has 4 heteroatoms. The van der Waals surface area contributed by atoms with E-state index in [4.69, 9.17) is 5.73 Å². The maximum atomic E-state index is 13.1. The molecule has 0 amide bonds. The van der Waals surface area contributed by atoms with Gasteiger partial charge in [-0.05, 0) is 32.0 Å². The number of nitrogen functional groups attached to an aromatic ring is 1. The molecule has 0 aliphatic rings. The van der Waals surface area contributed by atoms with Crippen LogP contribution in [0.5, 0.6) is 0 Å². The summed E-state index contributed by atoms with van der Waals surface area (Å²) in [5, 5.41) is 0. The molecule has 88 valence electrons. The van der Waals surface area contributed by atoms with Gasteiger partial charge in [0.25, 0.3) is 0 Å². The second-order valence-electron chi connectivity index (χ2n) is 4.02. The van der Waals surface area contributed by atoms with E-state index < -0.39 is 5.82 Å². The summed E-state index contributed by atoms with van der Waals surface area (Å²) in [6, 6.07) is 7.58. The molecule has 17 heavy (non-hydrogen) atoms. The van der Waals surface area contributed by atoms with Gasteiger partial charge in [-0.25, -0.2) is 4.39 Å². The minimum Gasteiger partial charge on any atom is -0.396 e. The maximum absolute atomic E-state index is 13.1. The normalized spacial score (nSPS) is 10.5. The summed E-state index contributed by atoms with van der Waals surface area (Å²) in [6.07, 6.45) is 0. The number of pyridine rings is 1. The number of aryl methyl sites for hydroxylation is 2. The molecule has 0 atom stereocenters. The lowest BCUT2D eigenvalue weighted by atomic mass is 10.2. The first kappa shape index (κ1) is 11.4. The van der Waals surface area contributed by atoms with Crippen molar-refractivity contribution in [3.05, 3.63) is 57.8 Å². The van der Waals surface area contributed by atoms with E-state index in [0.29, 0.717) is 0 Å². The van der Waals surface area contributed by atoms with Crippen LogP contribution in [0.1, 0.15) is 11.4 Å². The van der Waals surface area contributed by atoms with Gasteiger partial charge in [0.05, 0.1) is 5.69 Å². The van der Waals surface area contributed by atoms with Crippen LogP contribution in [0.4, 0.5) is 10.1 Å². The van der Waals surface area contributed by atoms with Crippen molar-refractivity contribution >= 4 is 5.69 Å². The average molecular weight is 232 g/mol. The van der Waals surface area contributed by atoms with Crippen LogP contribution in [-0.2, 0) is 0 Å². The molecule has 0 radical (unpaired) electrons. The molecule has 2 aromatic rings. The molecule has 0 unspecified atom stereocenters. The van der Waals surface area contributed by atoms with E-state index in [9.17, 15) is 9.18 Å². The van der Waals surface area contributed by atoms with Gasteiger partial charge in [0.2, 0.25) is 0 Å². The van der Waals surface area contributed by atoms with Crippen molar-refractivity contribution in [3.8, 4) is 5.69 Å². The number of aromatic nitrogens is 1. The molecule has 0 aliphatic heterocycles. The fourth-order valence-corrected chi connectivity index (χ4v) is 1.94. The molecule has 0 fully saturated rings. The first-order valence-electron chi connectivity index (χ1n) is 5.25. The lowest BCUT2D eigenvalue weighted by molar-refractivity contribution is 0.632. The third-order valence-electron chi connectivity index (χ3n) is 2.65. The monoisotopic (exact) mass is 232 g/mol. The summed E-state index contributed by atoms with van der Waals surface area (Å²) in [5.41, 5.74) is 7.93. The third kappa shape index (κ3) is 2.06. The zero-order valence-corrected chi connectivity index (χ0v) is 9.70. The molecule has 0 saturated carbocycles. The highest BCUT2D eigenvalue weighted by atomic mass is 19.1. The van der Waals surface area contributed by atoms with Crippen molar-refractivity contribution in [1.29, 1.82) is 0 Å². The number of rotatable bonds is 1. The fraction of sp³-hybridized carbons (Fsp3) is 0.154. The number of halogens is 1. The first-order chi connectivity index (χ1) is 7.99. The Labute approximate surface area is 98.3 Å². The number of anilines is 1. The highest BCUT2D eigenvalue weighted by Crippen LogP contribution is 2.18. The summed E-state index contributed by atoms with van der Waals surface area (Å²) >= 11 is 0. The third-order valence-corrected chi connectivity index (χ3v) is 2.65. The Morgan fingerprint density at radius 3 is 2.24 bits per heavy atom. The Morgan fingerprint density at radius 2 is 1.71 bits per heavy atom. The zero-order valence-electron chi connectivity index (χ0n) is 9.70. The first-order valence-corrected chi connectivity index (χ1v) is 5.25. The molecule has 0 spiro atoms. The van der Waals surface area contributed by atoms with Crippen LogP contribution in [-0.4, -0.2) is 4.57 Å². The summed E-state index contributed by atoms with van der Waals surface area (Å²) < 4.78 is 15.0. The summed E-state index contributed by atoms with van der Waals surface area (Å²) in [5.74, 6) is -0.440. The van der Waals surface area contributed by atoms with E-state index in [1.807, 2.05) is 18.4 Å². The van der Waals surface area contributed by atoms with Gasteiger partial charge in [-0.1, -0.05) is 0 Å². The van der Waals surface area contributed by atoms with Gasteiger partial charge < -0.3 is 10.3 Å². The minimum absolute atomic E-state index is 0.0358. The van der Waals surface area contributed by atoms with Crippen LogP contribution < -0.4 is 11.2 Å². The molecule has 2 N–H and O–H groups in total. The van der Waals surface area contributed by atoms with E-state index in [0.717, 1.165) is 17.1 Å². The topological polar surface area (TPSA) is 48.0 Å². The highest BCUT2D eigenvalue weighted by Gasteiger charge is 2.06. The minimum atomic E-state index is -0.440. The summed E-state index contributed by atoms with van der Waals surface area (Å²) in [6.45, 7) is 3.65. The Kier molecular flexibility index (Phi) is 2.71. The summed E-state index contributed by atoms with van der Waals surface area (Å²) in [7, 11) is 0. The van der Waals surface area contributed by atoms with E-state index in [-0.39, 0.29) is 11.1 Å².